The molecule has 3 heterocycles. The number of halogens is 3. The normalized spacial score (nSPS) is 16.2. The standard InChI is InChI=1S/C20H19F3N4O2/c1-2-29-15-10-13(21)9-14(11-15)27-6-3-16-18(27)24-12-17(25-16)19(28)26-7-4-20(22,23)5-8-26/h3,6,9-12H,2,4-5,7-8H2,1H3. The van der Waals surface area contributed by atoms with Crippen molar-refractivity contribution in [1.29, 1.82) is 0 Å². The van der Waals surface area contributed by atoms with Crippen molar-refractivity contribution < 1.29 is 22.7 Å². The molecule has 0 N–H and O–H groups in total. The van der Waals surface area contributed by atoms with Crippen LogP contribution in [0.5, 0.6) is 5.75 Å². The Kier molecular flexibility index (Phi) is 4.89. The number of piperidine rings is 1. The van der Waals surface area contributed by atoms with Crippen LogP contribution in [0.1, 0.15) is 30.3 Å². The largest absolute Gasteiger partial charge is 0.494 e. The van der Waals surface area contributed by atoms with Gasteiger partial charge in [-0.2, -0.15) is 0 Å². The van der Waals surface area contributed by atoms with E-state index in [0.717, 1.165) is 0 Å². The van der Waals surface area contributed by atoms with E-state index in [0.29, 0.717) is 29.2 Å². The molecule has 1 saturated heterocycles. The van der Waals surface area contributed by atoms with Crippen molar-refractivity contribution in [2.75, 3.05) is 19.7 Å². The van der Waals surface area contributed by atoms with Crippen molar-refractivity contribution in [2.24, 2.45) is 0 Å². The van der Waals surface area contributed by atoms with Gasteiger partial charge in [0.2, 0.25) is 0 Å². The number of amides is 1. The van der Waals surface area contributed by atoms with Crippen LogP contribution in [0.15, 0.2) is 36.7 Å². The summed E-state index contributed by atoms with van der Waals surface area (Å²) in [6.07, 6.45) is 2.28. The first kappa shape index (κ1) is 19.2. The lowest BCUT2D eigenvalue weighted by molar-refractivity contribution is -0.0495. The Morgan fingerprint density at radius 1 is 1.24 bits per heavy atom. The van der Waals surface area contributed by atoms with Crippen molar-refractivity contribution >= 4 is 17.1 Å². The molecule has 0 radical (unpaired) electrons. The number of fused-ring (bicyclic) bond motifs is 1. The van der Waals surface area contributed by atoms with E-state index in [1.807, 2.05) is 6.92 Å². The summed E-state index contributed by atoms with van der Waals surface area (Å²) in [6.45, 7) is 2.18. The molecule has 1 aliphatic rings. The van der Waals surface area contributed by atoms with Crippen LogP contribution in [-0.2, 0) is 0 Å². The highest BCUT2D eigenvalue weighted by Crippen LogP contribution is 2.28. The predicted molar refractivity (Wildman–Crippen MR) is 100 cm³/mol. The highest BCUT2D eigenvalue weighted by Gasteiger charge is 2.36. The molecule has 1 aliphatic heterocycles. The summed E-state index contributed by atoms with van der Waals surface area (Å²) in [5, 5.41) is 0. The molecule has 9 heteroatoms. The highest BCUT2D eigenvalue weighted by atomic mass is 19.3. The number of rotatable bonds is 4. The maximum atomic E-state index is 13.9. The molecule has 1 amide bonds. The van der Waals surface area contributed by atoms with E-state index in [4.69, 9.17) is 4.74 Å². The average Bonchev–Trinajstić information content (AvgIpc) is 3.10. The topological polar surface area (TPSA) is 60.3 Å². The van der Waals surface area contributed by atoms with Gasteiger partial charge in [0.25, 0.3) is 11.8 Å². The molecule has 0 saturated carbocycles. The van der Waals surface area contributed by atoms with Crippen molar-refractivity contribution in [1.82, 2.24) is 19.4 Å². The molecule has 0 spiro atoms. The Morgan fingerprint density at radius 2 is 2.00 bits per heavy atom. The molecular formula is C20H19F3N4O2. The lowest BCUT2D eigenvalue weighted by Gasteiger charge is -2.31. The second-order valence-corrected chi connectivity index (χ2v) is 6.88. The van der Waals surface area contributed by atoms with Crippen LogP contribution in [0.25, 0.3) is 16.9 Å². The van der Waals surface area contributed by atoms with Gasteiger partial charge in [0.05, 0.1) is 18.5 Å². The Morgan fingerprint density at radius 3 is 2.72 bits per heavy atom. The molecule has 0 aliphatic carbocycles. The molecule has 29 heavy (non-hydrogen) atoms. The van der Waals surface area contributed by atoms with Gasteiger partial charge in [-0.3, -0.25) is 9.36 Å². The maximum absolute atomic E-state index is 13.9. The molecule has 0 bridgehead atoms. The first-order valence-electron chi connectivity index (χ1n) is 9.31. The van der Waals surface area contributed by atoms with E-state index in [-0.39, 0.29) is 31.6 Å². The van der Waals surface area contributed by atoms with E-state index in [9.17, 15) is 18.0 Å². The molecule has 4 rings (SSSR count). The van der Waals surface area contributed by atoms with Gasteiger partial charge in [-0.05, 0) is 19.1 Å². The zero-order valence-electron chi connectivity index (χ0n) is 15.7. The molecule has 1 aromatic carbocycles. The number of benzene rings is 1. The zero-order valence-corrected chi connectivity index (χ0v) is 15.7. The second-order valence-electron chi connectivity index (χ2n) is 6.88. The molecular weight excluding hydrogens is 385 g/mol. The van der Waals surface area contributed by atoms with Crippen LogP contribution in [-0.4, -0.2) is 51.0 Å². The second kappa shape index (κ2) is 7.38. The highest BCUT2D eigenvalue weighted by molar-refractivity contribution is 5.93. The van der Waals surface area contributed by atoms with E-state index in [2.05, 4.69) is 9.97 Å². The zero-order chi connectivity index (χ0) is 20.6. The fourth-order valence-corrected chi connectivity index (χ4v) is 3.36. The Labute approximate surface area is 164 Å². The minimum atomic E-state index is -2.73. The summed E-state index contributed by atoms with van der Waals surface area (Å²) in [6, 6.07) is 5.98. The summed E-state index contributed by atoms with van der Waals surface area (Å²) in [4.78, 5) is 22.6. The third kappa shape index (κ3) is 3.90. The Bertz CT molecular complexity index is 1060. The molecule has 0 atom stereocenters. The number of carbonyl (C=O) groups excluding carboxylic acids is 1. The molecule has 152 valence electrons. The number of likely N-dealkylation sites (tertiary alicyclic amines) is 1. The molecule has 6 nitrogen and oxygen atoms in total. The van der Waals surface area contributed by atoms with Gasteiger partial charge in [0, 0.05) is 44.3 Å². The van der Waals surface area contributed by atoms with Gasteiger partial charge < -0.3 is 9.64 Å². The number of hydrogen-bond donors (Lipinski definition) is 0. The summed E-state index contributed by atoms with van der Waals surface area (Å²) in [5.74, 6) is -3.21. The van der Waals surface area contributed by atoms with E-state index >= 15 is 0 Å². The van der Waals surface area contributed by atoms with Gasteiger partial charge in [0.15, 0.2) is 5.65 Å². The van der Waals surface area contributed by atoms with E-state index < -0.39 is 17.6 Å². The number of nitrogens with zero attached hydrogens (tertiary/aromatic N) is 4. The number of aromatic nitrogens is 3. The summed E-state index contributed by atoms with van der Waals surface area (Å²) >= 11 is 0. The fourth-order valence-electron chi connectivity index (χ4n) is 3.36. The Hall–Kier alpha value is -3.10. The van der Waals surface area contributed by atoms with Crippen molar-refractivity contribution in [2.45, 2.75) is 25.7 Å². The van der Waals surface area contributed by atoms with Crippen LogP contribution in [0.4, 0.5) is 13.2 Å². The third-order valence-corrected chi connectivity index (χ3v) is 4.84. The lowest BCUT2D eigenvalue weighted by atomic mass is 10.1. The van der Waals surface area contributed by atoms with Crippen molar-refractivity contribution in [3.8, 4) is 11.4 Å². The van der Waals surface area contributed by atoms with Gasteiger partial charge >= 0.3 is 0 Å². The average molecular weight is 404 g/mol. The number of ether oxygens (including phenoxy) is 1. The van der Waals surface area contributed by atoms with Crippen LogP contribution >= 0.6 is 0 Å². The van der Waals surface area contributed by atoms with E-state index in [1.165, 1.54) is 23.2 Å². The summed E-state index contributed by atoms with van der Waals surface area (Å²) in [5.41, 5.74) is 1.49. The van der Waals surface area contributed by atoms with Gasteiger partial charge in [-0.1, -0.05) is 0 Å². The molecule has 0 unspecified atom stereocenters. The third-order valence-electron chi connectivity index (χ3n) is 4.84. The van der Waals surface area contributed by atoms with Crippen LogP contribution in [0.3, 0.4) is 0 Å². The maximum Gasteiger partial charge on any atom is 0.274 e. The fraction of sp³-hybridized carbons (Fsp3) is 0.350. The van der Waals surface area contributed by atoms with Crippen molar-refractivity contribution in [3.05, 3.63) is 48.2 Å². The van der Waals surface area contributed by atoms with Crippen LogP contribution < -0.4 is 4.74 Å². The first-order chi connectivity index (χ1) is 13.9. The minimum absolute atomic E-state index is 0.0178. The van der Waals surface area contributed by atoms with Gasteiger partial charge in [0.1, 0.15) is 22.8 Å². The molecule has 2 aromatic heterocycles. The first-order valence-corrected chi connectivity index (χ1v) is 9.31. The summed E-state index contributed by atoms with van der Waals surface area (Å²) < 4.78 is 47.6. The number of hydrogen-bond acceptors (Lipinski definition) is 4. The number of alkyl halides is 2. The lowest BCUT2D eigenvalue weighted by Crippen LogP contribution is -2.43. The minimum Gasteiger partial charge on any atom is -0.494 e. The monoisotopic (exact) mass is 404 g/mol. The van der Waals surface area contributed by atoms with Crippen LogP contribution in [0, 0.1) is 5.82 Å². The van der Waals surface area contributed by atoms with Gasteiger partial charge in [-0.15, -0.1) is 0 Å². The van der Waals surface area contributed by atoms with E-state index in [1.54, 1.807) is 22.9 Å². The quantitative estimate of drug-likeness (QED) is 0.663. The summed E-state index contributed by atoms with van der Waals surface area (Å²) in [7, 11) is 0. The SMILES string of the molecule is CCOc1cc(F)cc(-n2ccc3nc(C(=O)N4CCC(F)(F)CC4)cnc32)c1. The van der Waals surface area contributed by atoms with Crippen molar-refractivity contribution in [3.63, 3.8) is 0 Å². The number of carbonyl (C=O) groups is 1. The molecule has 3 aromatic rings. The smallest absolute Gasteiger partial charge is 0.274 e. The van der Waals surface area contributed by atoms with Gasteiger partial charge in [-0.25, -0.2) is 23.1 Å². The predicted octanol–water partition coefficient (Wildman–Crippen LogP) is 3.83. The Balaban J connectivity index is 1.62. The van der Waals surface area contributed by atoms with Crippen LogP contribution in [0.2, 0.25) is 0 Å². The molecule has 1 fully saturated rings.